The van der Waals surface area contributed by atoms with E-state index in [9.17, 15) is 14.9 Å². The molecule has 2 aromatic rings. The maximum absolute atomic E-state index is 12.2. The largest absolute Gasteiger partial charge is 0.346 e. The zero-order valence-corrected chi connectivity index (χ0v) is 13.6. The number of nitro groups is 1. The molecular weight excluding hydrogens is 334 g/mol. The van der Waals surface area contributed by atoms with Crippen LogP contribution in [-0.2, 0) is 0 Å². The molecule has 3 N–H and O–H groups in total. The number of nitrogens with zero attached hydrogens (tertiary/aromatic N) is 3. The van der Waals surface area contributed by atoms with Crippen molar-refractivity contribution in [3.8, 4) is 5.69 Å². The minimum atomic E-state index is -0.478. The minimum Gasteiger partial charge on any atom is -0.346 e. The number of aromatic nitrogens is 2. The average molecular weight is 352 g/mol. The lowest BCUT2D eigenvalue weighted by Gasteiger charge is -2.14. The van der Waals surface area contributed by atoms with Gasteiger partial charge >= 0.3 is 0 Å². The summed E-state index contributed by atoms with van der Waals surface area (Å²) < 4.78 is 1.33. The quantitative estimate of drug-likeness (QED) is 0.606. The maximum atomic E-state index is 12.2. The first-order valence-corrected chi connectivity index (χ1v) is 7.40. The number of carbonyl (C=O) groups excluding carboxylic acids is 1. The Bertz CT molecular complexity index is 744. The molecule has 1 aliphatic rings. The van der Waals surface area contributed by atoms with Crippen molar-refractivity contribution in [1.82, 2.24) is 15.1 Å². The highest BCUT2D eigenvalue weighted by Crippen LogP contribution is 2.32. The highest BCUT2D eigenvalue weighted by molar-refractivity contribution is 5.92. The van der Waals surface area contributed by atoms with Gasteiger partial charge in [0.15, 0.2) is 5.69 Å². The summed E-state index contributed by atoms with van der Waals surface area (Å²) in [6, 6.07) is 7.74. The first-order valence-electron chi connectivity index (χ1n) is 7.40. The Morgan fingerprint density at radius 3 is 2.75 bits per heavy atom. The topological polar surface area (TPSA) is 116 Å². The molecule has 1 aromatic heterocycles. The van der Waals surface area contributed by atoms with Gasteiger partial charge < -0.3 is 11.1 Å². The Kier molecular flexibility index (Phi) is 5.53. The van der Waals surface area contributed by atoms with Crippen molar-refractivity contribution in [2.75, 3.05) is 6.54 Å². The summed E-state index contributed by atoms with van der Waals surface area (Å²) in [5, 5.41) is 18.1. The van der Waals surface area contributed by atoms with Gasteiger partial charge in [0.05, 0.1) is 4.92 Å². The lowest BCUT2D eigenvalue weighted by molar-refractivity contribution is -0.384. The van der Waals surface area contributed by atoms with E-state index in [1.165, 1.54) is 23.0 Å². The Labute approximate surface area is 144 Å². The maximum Gasteiger partial charge on any atom is 0.294 e. The van der Waals surface area contributed by atoms with Crippen molar-refractivity contribution in [3.63, 3.8) is 0 Å². The van der Waals surface area contributed by atoms with Crippen LogP contribution in [0.25, 0.3) is 5.69 Å². The first kappa shape index (κ1) is 17.9. The van der Waals surface area contributed by atoms with E-state index in [2.05, 4.69) is 10.4 Å². The fourth-order valence-electron chi connectivity index (χ4n) is 2.50. The molecule has 1 amide bonds. The molecule has 1 saturated carbocycles. The highest BCUT2D eigenvalue weighted by Gasteiger charge is 2.31. The summed E-state index contributed by atoms with van der Waals surface area (Å²) in [6.45, 7) is 0.390. The van der Waals surface area contributed by atoms with Gasteiger partial charge in [0.2, 0.25) is 0 Å². The third-order valence-corrected chi connectivity index (χ3v) is 3.91. The van der Waals surface area contributed by atoms with Crippen molar-refractivity contribution in [1.29, 1.82) is 0 Å². The molecule has 0 spiro atoms. The molecule has 1 fully saturated rings. The Morgan fingerprint density at radius 2 is 2.12 bits per heavy atom. The number of halogens is 1. The van der Waals surface area contributed by atoms with E-state index in [1.54, 1.807) is 18.2 Å². The number of hydrogen-bond acceptors (Lipinski definition) is 5. The molecule has 1 heterocycles. The van der Waals surface area contributed by atoms with E-state index < -0.39 is 4.92 Å². The number of nitrogens with one attached hydrogen (secondary N) is 1. The number of benzene rings is 1. The molecule has 0 saturated heterocycles. The number of nitrogens with two attached hydrogens (primary N) is 1. The molecule has 0 aliphatic heterocycles. The molecular formula is C15H18ClN5O3. The normalized spacial score (nSPS) is 14.5. The van der Waals surface area contributed by atoms with Crippen LogP contribution in [0, 0.1) is 16.0 Å². The number of hydrogen-bond donors (Lipinski definition) is 2. The van der Waals surface area contributed by atoms with Gasteiger partial charge in [-0.1, -0.05) is 12.1 Å². The highest BCUT2D eigenvalue weighted by atomic mass is 35.5. The SMILES string of the molecule is Cl.NCC(NC(=O)c1ccn(-c2ccccc2[N+](=O)[O-])n1)C1CC1. The molecule has 8 nitrogen and oxygen atoms in total. The number of amides is 1. The number of para-hydroxylation sites is 2. The van der Waals surface area contributed by atoms with Crippen molar-refractivity contribution in [3.05, 3.63) is 52.3 Å². The van der Waals surface area contributed by atoms with Crippen molar-refractivity contribution >= 4 is 24.0 Å². The molecule has 3 rings (SSSR count). The smallest absolute Gasteiger partial charge is 0.294 e. The molecule has 9 heteroatoms. The third kappa shape index (κ3) is 3.72. The van der Waals surface area contributed by atoms with E-state index in [0.29, 0.717) is 18.2 Å². The second kappa shape index (κ2) is 7.41. The Hall–Kier alpha value is -2.45. The van der Waals surface area contributed by atoms with Gasteiger partial charge in [0.1, 0.15) is 5.69 Å². The van der Waals surface area contributed by atoms with E-state index in [0.717, 1.165) is 12.8 Å². The van der Waals surface area contributed by atoms with Crippen LogP contribution in [0.1, 0.15) is 23.3 Å². The second-order valence-electron chi connectivity index (χ2n) is 5.54. The minimum absolute atomic E-state index is 0. The predicted molar refractivity (Wildman–Crippen MR) is 90.5 cm³/mol. The summed E-state index contributed by atoms with van der Waals surface area (Å²) in [6.07, 6.45) is 3.69. The summed E-state index contributed by atoms with van der Waals surface area (Å²) in [4.78, 5) is 22.8. The van der Waals surface area contributed by atoms with E-state index in [4.69, 9.17) is 5.73 Å². The lowest BCUT2D eigenvalue weighted by atomic mass is 10.2. The molecule has 1 aliphatic carbocycles. The van der Waals surface area contributed by atoms with Gasteiger partial charge in [0, 0.05) is 24.8 Å². The fraction of sp³-hybridized carbons (Fsp3) is 0.333. The van der Waals surface area contributed by atoms with Crippen LogP contribution in [-0.4, -0.2) is 33.2 Å². The van der Waals surface area contributed by atoms with E-state index in [1.807, 2.05) is 0 Å². The first-order chi connectivity index (χ1) is 11.1. The van der Waals surface area contributed by atoms with Gasteiger partial charge in [-0.3, -0.25) is 14.9 Å². The summed E-state index contributed by atoms with van der Waals surface area (Å²) in [5.74, 6) is 0.130. The van der Waals surface area contributed by atoms with Gasteiger partial charge in [-0.15, -0.1) is 12.4 Å². The van der Waals surface area contributed by atoms with Gasteiger partial charge in [-0.05, 0) is 30.9 Å². The second-order valence-corrected chi connectivity index (χ2v) is 5.54. The number of rotatable bonds is 6. The van der Waals surface area contributed by atoms with Gasteiger partial charge in [-0.2, -0.15) is 5.10 Å². The third-order valence-electron chi connectivity index (χ3n) is 3.91. The summed E-state index contributed by atoms with van der Waals surface area (Å²) in [5.41, 5.74) is 6.13. The summed E-state index contributed by atoms with van der Waals surface area (Å²) >= 11 is 0. The van der Waals surface area contributed by atoms with Crippen LogP contribution >= 0.6 is 12.4 Å². The predicted octanol–water partition coefficient (Wildman–Crippen LogP) is 1.67. The van der Waals surface area contributed by atoms with Crippen molar-refractivity contribution in [2.24, 2.45) is 11.7 Å². The standard InChI is InChI=1S/C15H17N5O3.ClH/c16-9-12(10-5-6-10)17-15(21)11-7-8-19(18-11)13-3-1-2-4-14(13)20(22)23;/h1-4,7-8,10,12H,5-6,9,16H2,(H,17,21);1H. The Balaban J connectivity index is 0.00000208. The van der Waals surface area contributed by atoms with Gasteiger partial charge in [-0.25, -0.2) is 4.68 Å². The number of nitro benzene ring substituents is 1. The van der Waals surface area contributed by atoms with Gasteiger partial charge in [0.25, 0.3) is 11.6 Å². The molecule has 24 heavy (non-hydrogen) atoms. The zero-order chi connectivity index (χ0) is 16.4. The molecule has 128 valence electrons. The van der Waals surface area contributed by atoms with Crippen LogP contribution in [0.4, 0.5) is 5.69 Å². The molecule has 1 aromatic carbocycles. The average Bonchev–Trinajstić information content (AvgIpc) is 3.28. The van der Waals surface area contributed by atoms with Crippen LogP contribution < -0.4 is 11.1 Å². The zero-order valence-electron chi connectivity index (χ0n) is 12.8. The molecule has 1 unspecified atom stereocenters. The Morgan fingerprint density at radius 1 is 1.42 bits per heavy atom. The van der Waals surface area contributed by atoms with E-state index in [-0.39, 0.29) is 35.7 Å². The van der Waals surface area contributed by atoms with Crippen molar-refractivity contribution in [2.45, 2.75) is 18.9 Å². The van der Waals surface area contributed by atoms with E-state index >= 15 is 0 Å². The monoisotopic (exact) mass is 351 g/mol. The van der Waals surface area contributed by atoms with Crippen LogP contribution in [0.3, 0.4) is 0 Å². The summed E-state index contributed by atoms with van der Waals surface area (Å²) in [7, 11) is 0. The van der Waals surface area contributed by atoms with Crippen LogP contribution in [0.5, 0.6) is 0 Å². The molecule has 0 radical (unpaired) electrons. The van der Waals surface area contributed by atoms with Crippen LogP contribution in [0.2, 0.25) is 0 Å². The molecule has 1 atom stereocenters. The fourth-order valence-corrected chi connectivity index (χ4v) is 2.50. The van der Waals surface area contributed by atoms with Crippen molar-refractivity contribution < 1.29 is 9.72 Å². The van der Waals surface area contributed by atoms with Crippen LogP contribution in [0.15, 0.2) is 36.5 Å². The molecule has 0 bridgehead atoms. The lowest BCUT2D eigenvalue weighted by Crippen LogP contribution is -2.41. The number of carbonyl (C=O) groups is 1.